The number of hydrogen-bond acceptors (Lipinski definition) is 3. The second-order valence-electron chi connectivity index (χ2n) is 5.91. The summed E-state index contributed by atoms with van der Waals surface area (Å²) in [6.07, 6.45) is 2.98. The van der Waals surface area contributed by atoms with Gasteiger partial charge in [-0.05, 0) is 40.7 Å². The van der Waals surface area contributed by atoms with E-state index in [9.17, 15) is 0 Å². The van der Waals surface area contributed by atoms with Crippen molar-refractivity contribution in [3.8, 4) is 0 Å². The molecule has 1 aliphatic heterocycles. The first-order chi connectivity index (χ1) is 8.23. The summed E-state index contributed by atoms with van der Waals surface area (Å²) < 4.78 is 5.69. The van der Waals surface area contributed by atoms with Crippen LogP contribution in [0.25, 0.3) is 0 Å². The first-order valence-electron chi connectivity index (χ1n) is 6.42. The van der Waals surface area contributed by atoms with E-state index >= 15 is 0 Å². The third-order valence-corrected chi connectivity index (χ3v) is 2.90. The number of nitrogens with one attached hydrogen (secondary N) is 1. The quantitative estimate of drug-likeness (QED) is 0.599. The first kappa shape index (κ1) is 14.7. The van der Waals surface area contributed by atoms with Crippen LogP contribution in [0.3, 0.4) is 0 Å². The van der Waals surface area contributed by atoms with Gasteiger partial charge in [0.25, 0.3) is 0 Å². The maximum atomic E-state index is 5.69. The summed E-state index contributed by atoms with van der Waals surface area (Å²) in [5.74, 6) is 0.638. The van der Waals surface area contributed by atoms with Gasteiger partial charge in [0, 0.05) is 24.3 Å². The van der Waals surface area contributed by atoms with Gasteiger partial charge in [0.1, 0.15) is 5.60 Å². The van der Waals surface area contributed by atoms with E-state index < -0.39 is 0 Å². The average molecular weight is 250 g/mol. The highest BCUT2D eigenvalue weighted by Gasteiger charge is 2.30. The molecule has 1 N–H and O–H groups in total. The zero-order valence-electron chi connectivity index (χ0n) is 12.1. The molecular weight excluding hydrogens is 224 g/mol. The van der Waals surface area contributed by atoms with Gasteiger partial charge in [-0.15, -0.1) is 6.58 Å². The summed E-state index contributed by atoms with van der Waals surface area (Å²) in [7, 11) is 0. The van der Waals surface area contributed by atoms with E-state index in [1.807, 2.05) is 33.8 Å². The second-order valence-corrected chi connectivity index (χ2v) is 5.91. The highest BCUT2D eigenvalue weighted by atomic mass is 16.5. The van der Waals surface area contributed by atoms with Crippen molar-refractivity contribution in [3.63, 3.8) is 0 Å². The van der Waals surface area contributed by atoms with Gasteiger partial charge in [0.05, 0.1) is 0 Å². The zero-order chi connectivity index (χ0) is 13.9. The Balaban J connectivity index is 2.53. The molecule has 1 rings (SSSR count). The Hall–Kier alpha value is -1.38. The number of likely N-dealkylation sites (tertiary alicyclic amines) is 1. The summed E-state index contributed by atoms with van der Waals surface area (Å²) in [4.78, 5) is 2.26. The van der Waals surface area contributed by atoms with Crippen molar-refractivity contribution >= 4 is 0 Å². The summed E-state index contributed by atoms with van der Waals surface area (Å²) in [5.41, 5.74) is 0.862. The zero-order valence-corrected chi connectivity index (χ0v) is 12.1. The molecule has 0 aromatic rings. The lowest BCUT2D eigenvalue weighted by Gasteiger charge is -2.26. The average Bonchev–Trinajstić information content (AvgIpc) is 2.57. The molecule has 2 atom stereocenters. The lowest BCUT2D eigenvalue weighted by Crippen LogP contribution is -2.34. The minimum Gasteiger partial charge on any atom is -0.474 e. The van der Waals surface area contributed by atoms with Crippen molar-refractivity contribution < 1.29 is 4.74 Å². The fraction of sp³-hybridized carbons (Fsp3) is 0.600. The van der Waals surface area contributed by atoms with Gasteiger partial charge in [0.2, 0.25) is 0 Å². The minimum atomic E-state index is -0.214. The molecule has 1 saturated heterocycles. The van der Waals surface area contributed by atoms with E-state index in [4.69, 9.17) is 4.74 Å². The normalized spacial score (nSPS) is 23.7. The fourth-order valence-electron chi connectivity index (χ4n) is 2.26. The monoisotopic (exact) mass is 250 g/mol. The maximum Gasteiger partial charge on any atom is 0.180 e. The van der Waals surface area contributed by atoms with Crippen LogP contribution in [-0.2, 0) is 4.74 Å². The summed E-state index contributed by atoms with van der Waals surface area (Å²) in [5, 5.41) is 3.34. The van der Waals surface area contributed by atoms with E-state index in [1.54, 1.807) is 0 Å². The smallest absolute Gasteiger partial charge is 0.180 e. The Labute approximate surface area is 111 Å². The third kappa shape index (κ3) is 4.13. The lowest BCUT2D eigenvalue weighted by molar-refractivity contribution is 0.0387. The van der Waals surface area contributed by atoms with Crippen LogP contribution in [0.1, 0.15) is 34.1 Å². The Morgan fingerprint density at radius 2 is 2.00 bits per heavy atom. The van der Waals surface area contributed by atoms with Crippen LogP contribution in [0, 0.1) is 0 Å². The highest BCUT2D eigenvalue weighted by Crippen LogP contribution is 2.23. The molecule has 0 aromatic carbocycles. The van der Waals surface area contributed by atoms with Crippen LogP contribution >= 0.6 is 0 Å². The minimum absolute atomic E-state index is 0.214. The van der Waals surface area contributed by atoms with E-state index in [1.165, 1.54) is 0 Å². The maximum absolute atomic E-state index is 5.69. The topological polar surface area (TPSA) is 24.5 Å². The van der Waals surface area contributed by atoms with E-state index in [0.29, 0.717) is 18.0 Å². The molecule has 3 nitrogen and oxygen atoms in total. The van der Waals surface area contributed by atoms with Crippen molar-refractivity contribution in [2.24, 2.45) is 0 Å². The van der Waals surface area contributed by atoms with Crippen LogP contribution in [0.5, 0.6) is 0 Å². The molecule has 1 aliphatic rings. The van der Waals surface area contributed by atoms with E-state index in [2.05, 4.69) is 30.0 Å². The molecule has 1 heterocycles. The number of ether oxygens (including phenoxy) is 1. The molecule has 0 spiro atoms. The number of rotatable bonds is 5. The molecule has 0 aliphatic carbocycles. The van der Waals surface area contributed by atoms with Gasteiger partial charge < -0.3 is 15.0 Å². The Kier molecular flexibility index (Phi) is 4.49. The van der Waals surface area contributed by atoms with Gasteiger partial charge in [-0.1, -0.05) is 12.7 Å². The van der Waals surface area contributed by atoms with Crippen molar-refractivity contribution in [2.75, 3.05) is 6.54 Å². The van der Waals surface area contributed by atoms with Crippen LogP contribution in [0.15, 0.2) is 37.4 Å². The Morgan fingerprint density at radius 3 is 2.39 bits per heavy atom. The lowest BCUT2D eigenvalue weighted by atomic mass is 10.1. The number of allylic oxidation sites excluding steroid dienone is 1. The predicted molar refractivity (Wildman–Crippen MR) is 77.0 cm³/mol. The second kappa shape index (κ2) is 5.51. The Morgan fingerprint density at radius 1 is 1.39 bits per heavy atom. The molecule has 18 heavy (non-hydrogen) atoms. The molecule has 0 saturated carbocycles. The largest absolute Gasteiger partial charge is 0.474 e. The Bertz CT molecular complexity index is 341. The van der Waals surface area contributed by atoms with Crippen molar-refractivity contribution in [3.05, 3.63) is 37.4 Å². The molecular formula is C15H26N2O. The molecule has 102 valence electrons. The standard InChI is InChI=1S/C15H26N2O/c1-8-14-9-13(10-17(14)11(2)3)16-12(4)18-15(5,6)7/h8,13-14,16H,1-2,4,9-10H2,3,5-7H3/t13-,14+/m0/s1. The summed E-state index contributed by atoms with van der Waals surface area (Å²) in [6.45, 7) is 20.8. The van der Waals surface area contributed by atoms with Crippen molar-refractivity contribution in [1.29, 1.82) is 0 Å². The third-order valence-electron chi connectivity index (χ3n) is 2.90. The van der Waals surface area contributed by atoms with Crippen molar-refractivity contribution in [2.45, 2.75) is 51.8 Å². The molecule has 1 fully saturated rings. The number of nitrogens with zero attached hydrogens (tertiary/aromatic N) is 1. The molecule has 0 amide bonds. The SMILES string of the molecule is C=C[C@@H]1C[C@H](NC(=C)OC(C)(C)C)CN1C(=C)C. The van der Waals surface area contributed by atoms with Gasteiger partial charge in [-0.2, -0.15) is 0 Å². The van der Waals surface area contributed by atoms with Crippen LogP contribution < -0.4 is 5.32 Å². The van der Waals surface area contributed by atoms with Gasteiger partial charge >= 0.3 is 0 Å². The van der Waals surface area contributed by atoms with Gasteiger partial charge in [-0.25, -0.2) is 0 Å². The molecule has 0 radical (unpaired) electrons. The first-order valence-corrected chi connectivity index (χ1v) is 6.42. The molecule has 3 heteroatoms. The summed E-state index contributed by atoms with van der Waals surface area (Å²) in [6, 6.07) is 0.682. The molecule has 0 bridgehead atoms. The highest BCUT2D eigenvalue weighted by molar-refractivity contribution is 5.08. The number of hydrogen-bond donors (Lipinski definition) is 1. The van der Waals surface area contributed by atoms with Crippen LogP contribution in [-0.4, -0.2) is 29.1 Å². The summed E-state index contributed by atoms with van der Waals surface area (Å²) >= 11 is 0. The van der Waals surface area contributed by atoms with Gasteiger partial charge in [-0.3, -0.25) is 0 Å². The molecule has 0 unspecified atom stereocenters. The van der Waals surface area contributed by atoms with Crippen LogP contribution in [0.4, 0.5) is 0 Å². The molecule has 0 aromatic heterocycles. The van der Waals surface area contributed by atoms with Crippen LogP contribution in [0.2, 0.25) is 0 Å². The van der Waals surface area contributed by atoms with E-state index in [-0.39, 0.29) is 5.60 Å². The fourth-order valence-corrected chi connectivity index (χ4v) is 2.26. The van der Waals surface area contributed by atoms with E-state index in [0.717, 1.165) is 18.7 Å². The van der Waals surface area contributed by atoms with Crippen molar-refractivity contribution in [1.82, 2.24) is 10.2 Å². The predicted octanol–water partition coefficient (Wildman–Crippen LogP) is 3.02. The van der Waals surface area contributed by atoms with Gasteiger partial charge in [0.15, 0.2) is 5.88 Å².